The average Bonchev–Trinajstić information content (AvgIpc) is 2.84. The van der Waals surface area contributed by atoms with Gasteiger partial charge in [-0.3, -0.25) is 9.59 Å². The second-order valence-electron chi connectivity index (χ2n) is 7.55. The van der Waals surface area contributed by atoms with E-state index in [-0.39, 0.29) is 11.5 Å². The fraction of sp³-hybridized carbons (Fsp3) is 0.375. The van der Waals surface area contributed by atoms with Gasteiger partial charge < -0.3 is 34.3 Å². The van der Waals surface area contributed by atoms with Gasteiger partial charge in [0.05, 0.1) is 28.4 Å². The maximum Gasteiger partial charge on any atom is 0.329 e. The smallest absolute Gasteiger partial charge is 0.329 e. The molecule has 0 saturated carbocycles. The average molecular weight is 475 g/mol. The quantitative estimate of drug-likeness (QED) is 0.477. The number of esters is 1. The number of nitrogens with one attached hydrogen (secondary N) is 2. The van der Waals surface area contributed by atoms with Crippen molar-refractivity contribution in [2.45, 2.75) is 19.9 Å². The van der Waals surface area contributed by atoms with Crippen LogP contribution >= 0.6 is 0 Å². The number of methoxy groups -OCH3 is 4. The predicted molar refractivity (Wildman–Crippen MR) is 125 cm³/mol. The summed E-state index contributed by atoms with van der Waals surface area (Å²) in [6, 6.07) is 8.55. The Morgan fingerprint density at radius 2 is 1.24 bits per heavy atom. The molecule has 0 unspecified atom stereocenters. The van der Waals surface area contributed by atoms with Crippen LogP contribution in [0.4, 0.5) is 5.69 Å². The summed E-state index contributed by atoms with van der Waals surface area (Å²) in [5.41, 5.74) is 0.664. The Morgan fingerprint density at radius 1 is 0.765 bits per heavy atom. The van der Waals surface area contributed by atoms with E-state index in [1.54, 1.807) is 38.1 Å². The maximum atomic E-state index is 12.8. The van der Waals surface area contributed by atoms with Gasteiger partial charge in [0.25, 0.3) is 11.8 Å². The van der Waals surface area contributed by atoms with Crippen LogP contribution in [0, 0.1) is 5.92 Å². The standard InChI is InChI=1S/C24H30N2O8/c1-14(2)22(26-23(28)15-7-17(30-3)11-18(8-15)31-4)24(29)34-13-21(27)25-16-9-19(32-5)12-20(10-16)33-6/h7-12,14,22H,13H2,1-6H3,(H,25,27)(H,26,28)/t22-/m0/s1. The molecular formula is C24H30N2O8. The number of hydrogen-bond acceptors (Lipinski definition) is 8. The summed E-state index contributed by atoms with van der Waals surface area (Å²) in [6.07, 6.45) is 0. The van der Waals surface area contributed by atoms with Crippen molar-refractivity contribution >= 4 is 23.5 Å². The van der Waals surface area contributed by atoms with E-state index in [9.17, 15) is 14.4 Å². The molecule has 0 aliphatic rings. The molecule has 2 aromatic rings. The monoisotopic (exact) mass is 474 g/mol. The summed E-state index contributed by atoms with van der Waals surface area (Å²) in [5.74, 6) is -0.271. The molecule has 2 aromatic carbocycles. The number of benzene rings is 2. The van der Waals surface area contributed by atoms with Crippen LogP contribution in [0.2, 0.25) is 0 Å². The molecule has 0 aromatic heterocycles. The summed E-state index contributed by atoms with van der Waals surface area (Å²) in [7, 11) is 5.92. The number of rotatable bonds is 11. The van der Waals surface area contributed by atoms with Crippen LogP contribution in [0.15, 0.2) is 36.4 Å². The highest BCUT2D eigenvalue weighted by molar-refractivity contribution is 5.98. The Labute approximate surface area is 198 Å². The molecule has 2 N–H and O–H groups in total. The molecule has 1 atom stereocenters. The molecule has 0 aliphatic heterocycles. The number of hydrogen-bond donors (Lipinski definition) is 2. The topological polar surface area (TPSA) is 121 Å². The normalized spacial score (nSPS) is 11.3. The Hall–Kier alpha value is -3.95. The van der Waals surface area contributed by atoms with Crippen molar-refractivity contribution in [3.05, 3.63) is 42.0 Å². The van der Waals surface area contributed by atoms with Crippen molar-refractivity contribution in [1.29, 1.82) is 0 Å². The lowest BCUT2D eigenvalue weighted by atomic mass is 10.0. The van der Waals surface area contributed by atoms with Crippen LogP contribution in [0.1, 0.15) is 24.2 Å². The van der Waals surface area contributed by atoms with E-state index in [0.717, 1.165) is 0 Å². The van der Waals surface area contributed by atoms with Crippen LogP contribution in [0.25, 0.3) is 0 Å². The Bertz CT molecular complexity index is 978. The third-order valence-electron chi connectivity index (χ3n) is 4.80. The van der Waals surface area contributed by atoms with E-state index in [4.69, 9.17) is 23.7 Å². The summed E-state index contributed by atoms with van der Waals surface area (Å²) >= 11 is 0. The van der Waals surface area contributed by atoms with E-state index < -0.39 is 30.4 Å². The molecule has 0 fully saturated rings. The molecule has 2 amide bonds. The van der Waals surface area contributed by atoms with Gasteiger partial charge in [0, 0.05) is 35.5 Å². The van der Waals surface area contributed by atoms with Gasteiger partial charge in [0.15, 0.2) is 6.61 Å². The lowest BCUT2D eigenvalue weighted by molar-refractivity contribution is -0.150. The summed E-state index contributed by atoms with van der Waals surface area (Å²) in [6.45, 7) is 2.96. The van der Waals surface area contributed by atoms with Gasteiger partial charge in [-0.05, 0) is 18.1 Å². The van der Waals surface area contributed by atoms with E-state index in [2.05, 4.69) is 10.6 Å². The van der Waals surface area contributed by atoms with Crippen molar-refractivity contribution in [3.63, 3.8) is 0 Å². The minimum atomic E-state index is -0.977. The van der Waals surface area contributed by atoms with E-state index in [1.807, 2.05) is 0 Å². The van der Waals surface area contributed by atoms with Gasteiger partial charge in [-0.2, -0.15) is 0 Å². The van der Waals surface area contributed by atoms with E-state index in [0.29, 0.717) is 28.7 Å². The third-order valence-corrected chi connectivity index (χ3v) is 4.80. The molecule has 0 spiro atoms. The SMILES string of the molecule is COc1cc(NC(=O)COC(=O)[C@@H](NC(=O)c2cc(OC)cc(OC)c2)C(C)C)cc(OC)c1. The molecule has 184 valence electrons. The highest BCUT2D eigenvalue weighted by Crippen LogP contribution is 2.26. The molecule has 0 aliphatic carbocycles. The molecule has 0 heterocycles. The second kappa shape index (κ2) is 12.3. The minimum absolute atomic E-state index is 0.249. The molecule has 0 bridgehead atoms. The Morgan fingerprint density at radius 3 is 1.68 bits per heavy atom. The lowest BCUT2D eigenvalue weighted by Crippen LogP contribution is -2.46. The molecule has 2 rings (SSSR count). The molecule has 0 saturated heterocycles. The first-order chi connectivity index (χ1) is 16.2. The van der Waals surface area contributed by atoms with Crippen molar-refractivity contribution in [1.82, 2.24) is 5.32 Å². The van der Waals surface area contributed by atoms with Gasteiger partial charge in [0.1, 0.15) is 29.0 Å². The summed E-state index contributed by atoms with van der Waals surface area (Å²) in [4.78, 5) is 37.7. The first kappa shape index (κ1) is 26.3. The van der Waals surface area contributed by atoms with Gasteiger partial charge in [-0.1, -0.05) is 13.8 Å². The van der Waals surface area contributed by atoms with Crippen molar-refractivity contribution in [3.8, 4) is 23.0 Å². The first-order valence-corrected chi connectivity index (χ1v) is 10.4. The molecule has 0 radical (unpaired) electrons. The minimum Gasteiger partial charge on any atom is -0.497 e. The number of anilines is 1. The highest BCUT2D eigenvalue weighted by atomic mass is 16.5. The highest BCUT2D eigenvalue weighted by Gasteiger charge is 2.27. The fourth-order valence-electron chi connectivity index (χ4n) is 2.96. The zero-order chi connectivity index (χ0) is 25.3. The zero-order valence-corrected chi connectivity index (χ0v) is 20.1. The van der Waals surface area contributed by atoms with Crippen LogP contribution in [0.5, 0.6) is 23.0 Å². The molecular weight excluding hydrogens is 444 g/mol. The lowest BCUT2D eigenvalue weighted by Gasteiger charge is -2.21. The van der Waals surface area contributed by atoms with Gasteiger partial charge in [0.2, 0.25) is 0 Å². The van der Waals surface area contributed by atoms with Crippen LogP contribution in [-0.2, 0) is 14.3 Å². The number of ether oxygens (including phenoxy) is 5. The van der Waals surface area contributed by atoms with Gasteiger partial charge in [-0.25, -0.2) is 4.79 Å². The maximum absolute atomic E-state index is 12.8. The van der Waals surface area contributed by atoms with Crippen LogP contribution in [0.3, 0.4) is 0 Å². The predicted octanol–water partition coefficient (Wildman–Crippen LogP) is 2.66. The fourth-order valence-corrected chi connectivity index (χ4v) is 2.96. The van der Waals surface area contributed by atoms with Crippen molar-refractivity contribution in [2.75, 3.05) is 40.4 Å². The summed E-state index contributed by atoms with van der Waals surface area (Å²) < 4.78 is 25.8. The first-order valence-electron chi connectivity index (χ1n) is 10.4. The Balaban J connectivity index is 2.02. The van der Waals surface area contributed by atoms with Crippen LogP contribution < -0.4 is 29.6 Å². The van der Waals surface area contributed by atoms with Crippen LogP contribution in [-0.4, -0.2) is 58.9 Å². The van der Waals surface area contributed by atoms with Gasteiger partial charge >= 0.3 is 5.97 Å². The largest absolute Gasteiger partial charge is 0.497 e. The molecule has 10 nitrogen and oxygen atoms in total. The van der Waals surface area contributed by atoms with Gasteiger partial charge in [-0.15, -0.1) is 0 Å². The molecule has 10 heteroatoms. The zero-order valence-electron chi connectivity index (χ0n) is 20.1. The third kappa shape index (κ3) is 7.29. The van der Waals surface area contributed by atoms with Crippen molar-refractivity contribution in [2.24, 2.45) is 5.92 Å². The number of amides is 2. The summed E-state index contributed by atoms with van der Waals surface area (Å²) in [5, 5.41) is 5.26. The Kier molecular flexibility index (Phi) is 9.54. The van der Waals surface area contributed by atoms with Crippen molar-refractivity contribution < 1.29 is 38.1 Å². The number of carbonyl (C=O) groups is 3. The second-order valence-corrected chi connectivity index (χ2v) is 7.55. The number of carbonyl (C=O) groups excluding carboxylic acids is 3. The van der Waals surface area contributed by atoms with E-state index in [1.165, 1.54) is 40.6 Å². The molecule has 34 heavy (non-hydrogen) atoms. The van der Waals surface area contributed by atoms with E-state index >= 15 is 0 Å².